The fourth-order valence-corrected chi connectivity index (χ4v) is 2.45. The molecule has 0 aliphatic rings. The van der Waals surface area contributed by atoms with Gasteiger partial charge in [0.2, 0.25) is 0 Å². The summed E-state index contributed by atoms with van der Waals surface area (Å²) < 4.78 is 0. The van der Waals surface area contributed by atoms with E-state index >= 15 is 0 Å². The van der Waals surface area contributed by atoms with Gasteiger partial charge in [0, 0.05) is 0 Å². The highest BCUT2D eigenvalue weighted by molar-refractivity contribution is 5.14. The van der Waals surface area contributed by atoms with E-state index in [1.54, 1.807) is 0 Å². The summed E-state index contributed by atoms with van der Waals surface area (Å²) >= 11 is 0. The van der Waals surface area contributed by atoms with Crippen LogP contribution in [0, 0.1) is 0 Å². The molecule has 2 N–H and O–H groups in total. The van der Waals surface area contributed by atoms with Gasteiger partial charge >= 0.3 is 0 Å². The SMILES string of the molecule is CCCN(CCC)CCCCCc1ccccc1.O. The first-order valence-corrected chi connectivity index (χ1v) is 7.63. The van der Waals surface area contributed by atoms with Crippen LogP contribution >= 0.6 is 0 Å². The number of benzene rings is 1. The second kappa shape index (κ2) is 12.2. The number of nitrogens with zero attached hydrogens (tertiary/aromatic N) is 1. The van der Waals surface area contributed by atoms with Crippen LogP contribution in [0.4, 0.5) is 0 Å². The summed E-state index contributed by atoms with van der Waals surface area (Å²) in [6, 6.07) is 10.8. The molecule has 2 heteroatoms. The van der Waals surface area contributed by atoms with E-state index in [9.17, 15) is 0 Å². The van der Waals surface area contributed by atoms with Crippen molar-refractivity contribution >= 4 is 0 Å². The Hall–Kier alpha value is -0.860. The van der Waals surface area contributed by atoms with Gasteiger partial charge in [-0.1, -0.05) is 50.6 Å². The fraction of sp³-hybridized carbons (Fsp3) is 0.647. The molecule has 0 unspecified atom stereocenters. The third-order valence-corrected chi connectivity index (χ3v) is 3.36. The predicted molar refractivity (Wildman–Crippen MR) is 84.6 cm³/mol. The Morgan fingerprint density at radius 2 is 1.42 bits per heavy atom. The van der Waals surface area contributed by atoms with E-state index in [0.29, 0.717) is 0 Å². The molecule has 0 saturated carbocycles. The van der Waals surface area contributed by atoms with Crippen LogP contribution in [0.3, 0.4) is 0 Å². The lowest BCUT2D eigenvalue weighted by atomic mass is 10.1. The van der Waals surface area contributed by atoms with Gasteiger partial charge in [-0.05, 0) is 57.3 Å². The van der Waals surface area contributed by atoms with Crippen LogP contribution in [0.5, 0.6) is 0 Å². The minimum atomic E-state index is 0. The van der Waals surface area contributed by atoms with E-state index in [4.69, 9.17) is 0 Å². The molecule has 19 heavy (non-hydrogen) atoms. The van der Waals surface area contributed by atoms with Crippen molar-refractivity contribution < 1.29 is 5.48 Å². The standard InChI is InChI=1S/C17H29N.H2O/c1-3-14-18(15-4-2)16-10-6-9-13-17-11-7-5-8-12-17;/h5,7-8,11-12H,3-4,6,9-10,13-16H2,1-2H3;1H2. The molecule has 0 saturated heterocycles. The molecule has 0 aliphatic heterocycles. The molecular weight excluding hydrogens is 234 g/mol. The lowest BCUT2D eigenvalue weighted by Gasteiger charge is -2.20. The third kappa shape index (κ3) is 8.79. The van der Waals surface area contributed by atoms with Gasteiger partial charge in [0.1, 0.15) is 0 Å². The molecule has 2 nitrogen and oxygen atoms in total. The first-order chi connectivity index (χ1) is 8.86. The minimum Gasteiger partial charge on any atom is -0.412 e. The molecule has 0 spiro atoms. The van der Waals surface area contributed by atoms with Gasteiger partial charge in [0.25, 0.3) is 0 Å². The summed E-state index contributed by atoms with van der Waals surface area (Å²) in [6.45, 7) is 8.38. The van der Waals surface area contributed by atoms with Crippen molar-refractivity contribution in [3.05, 3.63) is 35.9 Å². The predicted octanol–water partition coefficient (Wildman–Crippen LogP) is 3.70. The van der Waals surface area contributed by atoms with Gasteiger partial charge in [-0.2, -0.15) is 0 Å². The van der Waals surface area contributed by atoms with Crippen molar-refractivity contribution in [2.75, 3.05) is 19.6 Å². The van der Waals surface area contributed by atoms with Crippen LogP contribution in [0.1, 0.15) is 51.5 Å². The Labute approximate surface area is 119 Å². The highest BCUT2D eigenvalue weighted by Gasteiger charge is 2.01. The molecule has 1 aromatic carbocycles. The summed E-state index contributed by atoms with van der Waals surface area (Å²) in [5.41, 5.74) is 1.48. The number of rotatable bonds is 10. The molecule has 1 rings (SSSR count). The van der Waals surface area contributed by atoms with Crippen molar-refractivity contribution in [3.8, 4) is 0 Å². The van der Waals surface area contributed by atoms with Crippen LogP contribution in [-0.4, -0.2) is 30.0 Å². The highest BCUT2D eigenvalue weighted by Crippen LogP contribution is 2.07. The quantitative estimate of drug-likeness (QED) is 0.594. The molecule has 0 aromatic heterocycles. The van der Waals surface area contributed by atoms with Gasteiger partial charge in [-0.25, -0.2) is 0 Å². The Kier molecular flexibility index (Phi) is 11.6. The van der Waals surface area contributed by atoms with Gasteiger partial charge in [0.05, 0.1) is 0 Å². The van der Waals surface area contributed by atoms with Gasteiger partial charge in [-0.15, -0.1) is 0 Å². The number of unbranched alkanes of at least 4 members (excludes halogenated alkanes) is 2. The van der Waals surface area contributed by atoms with Gasteiger partial charge in [0.15, 0.2) is 0 Å². The summed E-state index contributed by atoms with van der Waals surface area (Å²) in [5, 5.41) is 0. The lowest BCUT2D eigenvalue weighted by Crippen LogP contribution is -2.26. The number of aryl methyl sites for hydroxylation is 1. The summed E-state index contributed by atoms with van der Waals surface area (Å²) in [5.74, 6) is 0. The monoisotopic (exact) mass is 265 g/mol. The normalized spacial score (nSPS) is 10.5. The van der Waals surface area contributed by atoms with Gasteiger partial charge in [-0.3, -0.25) is 0 Å². The zero-order chi connectivity index (χ0) is 13.1. The third-order valence-electron chi connectivity index (χ3n) is 3.36. The average molecular weight is 265 g/mol. The Morgan fingerprint density at radius 3 is 2.00 bits per heavy atom. The molecule has 1 aromatic rings. The minimum absolute atomic E-state index is 0. The molecule has 0 bridgehead atoms. The van der Waals surface area contributed by atoms with Crippen molar-refractivity contribution in [1.82, 2.24) is 4.90 Å². The number of hydrogen-bond donors (Lipinski definition) is 0. The molecule has 0 heterocycles. The second-order valence-electron chi connectivity index (χ2n) is 5.14. The van der Waals surface area contributed by atoms with Crippen LogP contribution in [0.15, 0.2) is 30.3 Å². The molecule has 0 atom stereocenters. The Morgan fingerprint density at radius 1 is 0.789 bits per heavy atom. The Bertz CT molecular complexity index is 281. The highest BCUT2D eigenvalue weighted by atomic mass is 16.0. The van der Waals surface area contributed by atoms with Gasteiger partial charge < -0.3 is 10.4 Å². The molecule has 0 amide bonds. The largest absolute Gasteiger partial charge is 0.412 e. The van der Waals surface area contributed by atoms with Crippen molar-refractivity contribution in [2.45, 2.75) is 52.4 Å². The molecular formula is C17H31NO. The van der Waals surface area contributed by atoms with E-state index in [1.165, 1.54) is 63.7 Å². The maximum atomic E-state index is 2.61. The average Bonchev–Trinajstić information content (AvgIpc) is 2.40. The zero-order valence-corrected chi connectivity index (χ0v) is 12.7. The van der Waals surface area contributed by atoms with Crippen LogP contribution in [0.2, 0.25) is 0 Å². The van der Waals surface area contributed by atoms with E-state index < -0.39 is 0 Å². The van der Waals surface area contributed by atoms with Crippen molar-refractivity contribution in [3.63, 3.8) is 0 Å². The van der Waals surface area contributed by atoms with Crippen LogP contribution in [0.25, 0.3) is 0 Å². The van der Waals surface area contributed by atoms with Crippen LogP contribution in [-0.2, 0) is 6.42 Å². The second-order valence-corrected chi connectivity index (χ2v) is 5.14. The van der Waals surface area contributed by atoms with Crippen molar-refractivity contribution in [1.29, 1.82) is 0 Å². The fourth-order valence-electron chi connectivity index (χ4n) is 2.45. The summed E-state index contributed by atoms with van der Waals surface area (Å²) in [7, 11) is 0. The molecule has 0 aliphatic carbocycles. The molecule has 110 valence electrons. The van der Waals surface area contributed by atoms with E-state index in [0.717, 1.165) is 0 Å². The summed E-state index contributed by atoms with van der Waals surface area (Å²) in [6.07, 6.45) is 7.85. The Balaban J connectivity index is 0.00000324. The van der Waals surface area contributed by atoms with Crippen molar-refractivity contribution in [2.24, 2.45) is 0 Å². The van der Waals surface area contributed by atoms with E-state index in [1.807, 2.05) is 0 Å². The number of hydrogen-bond acceptors (Lipinski definition) is 1. The topological polar surface area (TPSA) is 34.7 Å². The maximum Gasteiger partial charge on any atom is -0.00187 e. The zero-order valence-electron chi connectivity index (χ0n) is 12.7. The van der Waals surface area contributed by atoms with E-state index in [-0.39, 0.29) is 5.48 Å². The summed E-state index contributed by atoms with van der Waals surface area (Å²) in [4.78, 5) is 2.61. The smallest absolute Gasteiger partial charge is 0.00187 e. The lowest BCUT2D eigenvalue weighted by molar-refractivity contribution is 0.268. The maximum absolute atomic E-state index is 2.61. The molecule has 0 radical (unpaired) electrons. The van der Waals surface area contributed by atoms with E-state index in [2.05, 4.69) is 49.1 Å². The first-order valence-electron chi connectivity index (χ1n) is 7.63. The first kappa shape index (κ1) is 18.1. The van der Waals surface area contributed by atoms with Crippen LogP contribution < -0.4 is 0 Å². The molecule has 0 fully saturated rings.